The number of ether oxygens (including phenoxy) is 1. The molecule has 1 atom stereocenters. The average molecular weight is 420 g/mol. The van der Waals surface area contributed by atoms with Crippen molar-refractivity contribution in [3.05, 3.63) is 65.4 Å². The molecule has 1 saturated heterocycles. The molecule has 0 aliphatic carbocycles. The van der Waals surface area contributed by atoms with Gasteiger partial charge in [-0.3, -0.25) is 4.79 Å². The molecule has 1 fully saturated rings. The van der Waals surface area contributed by atoms with Gasteiger partial charge in [0.05, 0.1) is 7.11 Å². The van der Waals surface area contributed by atoms with Crippen LogP contribution in [0.3, 0.4) is 0 Å². The van der Waals surface area contributed by atoms with Gasteiger partial charge in [0, 0.05) is 42.5 Å². The van der Waals surface area contributed by atoms with E-state index in [1.807, 2.05) is 18.2 Å². The first-order chi connectivity index (χ1) is 15.2. The number of fused-ring (bicyclic) bond motifs is 1. The number of nitrogens with zero attached hydrogens (tertiary/aromatic N) is 1. The van der Waals surface area contributed by atoms with E-state index < -0.39 is 0 Å². The van der Waals surface area contributed by atoms with Gasteiger partial charge in [-0.2, -0.15) is 0 Å². The number of para-hydroxylation sites is 1. The summed E-state index contributed by atoms with van der Waals surface area (Å²) in [6.45, 7) is 6.11. The number of carbonyl (C=O) groups is 1. The Kier molecular flexibility index (Phi) is 6.92. The number of H-pyrrole nitrogens is 1. The van der Waals surface area contributed by atoms with Crippen LogP contribution in [-0.2, 0) is 11.2 Å². The summed E-state index contributed by atoms with van der Waals surface area (Å²) in [4.78, 5) is 18.8. The topological polar surface area (TPSA) is 57.4 Å². The molecule has 3 aromatic rings. The lowest BCUT2D eigenvalue weighted by Gasteiger charge is -2.19. The van der Waals surface area contributed by atoms with Crippen LogP contribution in [0.15, 0.2) is 48.7 Å². The summed E-state index contributed by atoms with van der Waals surface area (Å²) < 4.78 is 5.46. The Labute approximate surface area is 184 Å². The number of benzene rings is 2. The molecule has 5 heteroatoms. The third-order valence-electron chi connectivity index (χ3n) is 6.42. The number of carbonyl (C=O) groups excluding carboxylic acids is 1. The van der Waals surface area contributed by atoms with Gasteiger partial charge in [-0.1, -0.05) is 37.3 Å². The van der Waals surface area contributed by atoms with Gasteiger partial charge in [0.2, 0.25) is 5.91 Å². The largest absolute Gasteiger partial charge is 0.497 e. The zero-order chi connectivity index (χ0) is 21.6. The van der Waals surface area contributed by atoms with Crippen LogP contribution >= 0.6 is 0 Å². The minimum atomic E-state index is -0.0391. The third-order valence-corrected chi connectivity index (χ3v) is 6.42. The maximum Gasteiger partial charge on any atom is 0.220 e. The fourth-order valence-electron chi connectivity index (χ4n) is 4.70. The second kappa shape index (κ2) is 10.0. The predicted octanol–water partition coefficient (Wildman–Crippen LogP) is 4.47. The molecule has 2 heterocycles. The van der Waals surface area contributed by atoms with E-state index in [1.165, 1.54) is 29.3 Å². The normalized spacial score (nSPS) is 15.3. The molecule has 4 rings (SSSR count). The monoisotopic (exact) mass is 419 g/mol. The lowest BCUT2D eigenvalue weighted by molar-refractivity contribution is -0.121. The van der Waals surface area contributed by atoms with E-state index in [0.717, 1.165) is 42.9 Å². The van der Waals surface area contributed by atoms with Crippen molar-refractivity contribution in [3.8, 4) is 5.75 Å². The summed E-state index contributed by atoms with van der Waals surface area (Å²) in [5.74, 6) is 0.863. The van der Waals surface area contributed by atoms with E-state index >= 15 is 0 Å². The van der Waals surface area contributed by atoms with Crippen molar-refractivity contribution >= 4 is 16.8 Å². The first kappa shape index (κ1) is 21.4. The van der Waals surface area contributed by atoms with Gasteiger partial charge >= 0.3 is 0 Å². The van der Waals surface area contributed by atoms with Crippen LogP contribution < -0.4 is 10.1 Å². The molecule has 1 aliphatic heterocycles. The quantitative estimate of drug-likeness (QED) is 0.538. The number of aryl methyl sites for hydroxylation is 1. The summed E-state index contributed by atoms with van der Waals surface area (Å²) in [7, 11) is 1.68. The Balaban J connectivity index is 1.58. The van der Waals surface area contributed by atoms with Crippen LogP contribution in [0, 0.1) is 0 Å². The lowest BCUT2D eigenvalue weighted by atomic mass is 9.87. The van der Waals surface area contributed by atoms with E-state index in [9.17, 15) is 4.79 Å². The fourth-order valence-corrected chi connectivity index (χ4v) is 4.70. The minimum absolute atomic E-state index is 0.0391. The highest BCUT2D eigenvalue weighted by Gasteiger charge is 2.22. The SMILES string of the molecule is CCc1cccc2c(C(CC(=O)NCCN3CCCC3)c3cccc(OC)c3)c[nH]c12. The summed E-state index contributed by atoms with van der Waals surface area (Å²) in [6.07, 6.45) is 6.00. The average Bonchev–Trinajstić information content (AvgIpc) is 3.47. The summed E-state index contributed by atoms with van der Waals surface area (Å²) >= 11 is 0. The number of methoxy groups -OCH3 is 1. The van der Waals surface area contributed by atoms with Gasteiger partial charge in [-0.25, -0.2) is 0 Å². The zero-order valence-electron chi connectivity index (χ0n) is 18.6. The van der Waals surface area contributed by atoms with E-state index in [-0.39, 0.29) is 11.8 Å². The second-order valence-corrected chi connectivity index (χ2v) is 8.37. The molecule has 1 amide bonds. The number of hydrogen-bond donors (Lipinski definition) is 2. The molecular formula is C26H33N3O2. The molecule has 164 valence electrons. The van der Waals surface area contributed by atoms with Gasteiger partial charge < -0.3 is 19.9 Å². The van der Waals surface area contributed by atoms with Crippen molar-refractivity contribution in [3.63, 3.8) is 0 Å². The molecule has 1 aromatic heterocycles. The Morgan fingerprint density at radius 2 is 2.00 bits per heavy atom. The van der Waals surface area contributed by atoms with Crippen molar-refractivity contribution in [2.24, 2.45) is 0 Å². The first-order valence-corrected chi connectivity index (χ1v) is 11.4. The molecular weight excluding hydrogens is 386 g/mol. The Morgan fingerprint density at radius 1 is 1.19 bits per heavy atom. The van der Waals surface area contributed by atoms with Gasteiger partial charge in [0.1, 0.15) is 5.75 Å². The number of likely N-dealkylation sites (tertiary alicyclic amines) is 1. The van der Waals surface area contributed by atoms with Gasteiger partial charge in [0.25, 0.3) is 0 Å². The number of amides is 1. The molecule has 0 bridgehead atoms. The smallest absolute Gasteiger partial charge is 0.220 e. The van der Waals surface area contributed by atoms with Gasteiger partial charge in [-0.05, 0) is 61.2 Å². The Bertz CT molecular complexity index is 1020. The Morgan fingerprint density at radius 3 is 2.77 bits per heavy atom. The molecule has 1 unspecified atom stereocenters. The van der Waals surface area contributed by atoms with Gasteiger partial charge in [0.15, 0.2) is 0 Å². The Hall–Kier alpha value is -2.79. The van der Waals surface area contributed by atoms with Crippen LogP contribution in [0.25, 0.3) is 10.9 Å². The molecule has 0 saturated carbocycles. The van der Waals surface area contributed by atoms with E-state index in [0.29, 0.717) is 13.0 Å². The fraction of sp³-hybridized carbons (Fsp3) is 0.423. The standard InChI is InChI=1S/C26H33N3O2/c1-3-19-8-7-11-22-24(18-28-26(19)22)23(20-9-6-10-21(16-20)31-2)17-25(30)27-12-15-29-13-4-5-14-29/h6-11,16,18,23,28H,3-5,12-15,17H2,1-2H3,(H,27,30). The van der Waals surface area contributed by atoms with E-state index in [1.54, 1.807) is 7.11 Å². The van der Waals surface area contributed by atoms with Crippen molar-refractivity contribution in [1.29, 1.82) is 0 Å². The van der Waals surface area contributed by atoms with Gasteiger partial charge in [-0.15, -0.1) is 0 Å². The van der Waals surface area contributed by atoms with Crippen molar-refractivity contribution in [2.45, 2.75) is 38.5 Å². The second-order valence-electron chi connectivity index (χ2n) is 8.37. The summed E-state index contributed by atoms with van der Waals surface area (Å²) in [5, 5.41) is 4.34. The van der Waals surface area contributed by atoms with Crippen LogP contribution in [-0.4, -0.2) is 49.1 Å². The van der Waals surface area contributed by atoms with Crippen LogP contribution in [0.4, 0.5) is 0 Å². The molecule has 0 radical (unpaired) electrons. The summed E-state index contributed by atoms with van der Waals surface area (Å²) in [5.41, 5.74) is 4.72. The number of aromatic nitrogens is 1. The molecule has 31 heavy (non-hydrogen) atoms. The van der Waals surface area contributed by atoms with Crippen molar-refractivity contribution in [2.75, 3.05) is 33.3 Å². The highest BCUT2D eigenvalue weighted by Crippen LogP contribution is 2.35. The highest BCUT2D eigenvalue weighted by atomic mass is 16.5. The number of hydrogen-bond acceptors (Lipinski definition) is 3. The zero-order valence-corrected chi connectivity index (χ0v) is 18.6. The first-order valence-electron chi connectivity index (χ1n) is 11.4. The number of aromatic amines is 1. The molecule has 5 nitrogen and oxygen atoms in total. The molecule has 2 aromatic carbocycles. The maximum atomic E-state index is 12.9. The lowest BCUT2D eigenvalue weighted by Crippen LogP contribution is -2.34. The minimum Gasteiger partial charge on any atom is -0.497 e. The van der Waals surface area contributed by atoms with Crippen molar-refractivity contribution in [1.82, 2.24) is 15.2 Å². The molecule has 0 spiro atoms. The van der Waals surface area contributed by atoms with Crippen LogP contribution in [0.1, 0.15) is 48.8 Å². The molecule has 2 N–H and O–H groups in total. The predicted molar refractivity (Wildman–Crippen MR) is 126 cm³/mol. The third kappa shape index (κ3) is 4.93. The molecule has 1 aliphatic rings. The number of nitrogens with one attached hydrogen (secondary N) is 2. The van der Waals surface area contributed by atoms with E-state index in [2.05, 4.69) is 52.6 Å². The maximum absolute atomic E-state index is 12.9. The van der Waals surface area contributed by atoms with Crippen LogP contribution in [0.5, 0.6) is 5.75 Å². The van der Waals surface area contributed by atoms with E-state index in [4.69, 9.17) is 4.74 Å². The highest BCUT2D eigenvalue weighted by molar-refractivity contribution is 5.88. The summed E-state index contributed by atoms with van der Waals surface area (Å²) in [6, 6.07) is 14.5. The van der Waals surface area contributed by atoms with Crippen LogP contribution in [0.2, 0.25) is 0 Å². The van der Waals surface area contributed by atoms with Crippen molar-refractivity contribution < 1.29 is 9.53 Å². The number of rotatable bonds is 9.